The molecular formula is C16H26OS. The maximum absolute atomic E-state index is 9.35. The van der Waals surface area contributed by atoms with Gasteiger partial charge in [-0.1, -0.05) is 31.7 Å². The number of aryl methyl sites for hydroxylation is 2. The third-order valence-electron chi connectivity index (χ3n) is 3.37. The van der Waals surface area contributed by atoms with Crippen molar-refractivity contribution in [3.63, 3.8) is 0 Å². The topological polar surface area (TPSA) is 20.2 Å². The average molecular weight is 266 g/mol. The van der Waals surface area contributed by atoms with Crippen LogP contribution >= 0.6 is 11.8 Å². The minimum Gasteiger partial charge on any atom is -0.508 e. The second-order valence-electron chi connectivity index (χ2n) is 4.97. The Morgan fingerprint density at radius 2 is 1.67 bits per heavy atom. The summed E-state index contributed by atoms with van der Waals surface area (Å²) in [7, 11) is 0. The van der Waals surface area contributed by atoms with Crippen LogP contribution in [0.2, 0.25) is 0 Å². The van der Waals surface area contributed by atoms with Crippen molar-refractivity contribution in [3.8, 4) is 5.75 Å². The molecule has 0 aliphatic carbocycles. The van der Waals surface area contributed by atoms with Crippen LogP contribution in [0, 0.1) is 6.92 Å². The highest BCUT2D eigenvalue weighted by molar-refractivity contribution is 7.98. The van der Waals surface area contributed by atoms with Crippen LogP contribution in [0.25, 0.3) is 0 Å². The van der Waals surface area contributed by atoms with E-state index in [0.717, 1.165) is 6.42 Å². The summed E-state index contributed by atoms with van der Waals surface area (Å²) in [5, 5.41) is 9.35. The van der Waals surface area contributed by atoms with Gasteiger partial charge in [-0.25, -0.2) is 0 Å². The lowest BCUT2D eigenvalue weighted by molar-refractivity contribution is 0.474. The zero-order valence-corrected chi connectivity index (χ0v) is 12.6. The van der Waals surface area contributed by atoms with E-state index in [1.165, 1.54) is 55.4 Å². The van der Waals surface area contributed by atoms with Crippen molar-refractivity contribution in [2.24, 2.45) is 0 Å². The summed E-state index contributed by atoms with van der Waals surface area (Å²) in [5.74, 6) is 1.69. The van der Waals surface area contributed by atoms with Gasteiger partial charge in [-0.2, -0.15) is 11.8 Å². The van der Waals surface area contributed by atoms with Gasteiger partial charge in [0, 0.05) is 0 Å². The Balaban J connectivity index is 2.07. The summed E-state index contributed by atoms with van der Waals surface area (Å²) >= 11 is 1.95. The lowest BCUT2D eigenvalue weighted by Crippen LogP contribution is -1.90. The molecule has 2 heteroatoms. The van der Waals surface area contributed by atoms with Crippen molar-refractivity contribution in [1.82, 2.24) is 0 Å². The number of thioether (sulfide) groups is 1. The molecule has 0 fully saturated rings. The van der Waals surface area contributed by atoms with Gasteiger partial charge in [-0.3, -0.25) is 0 Å². The fraction of sp³-hybridized carbons (Fsp3) is 0.625. The van der Waals surface area contributed by atoms with Crippen molar-refractivity contribution in [1.29, 1.82) is 0 Å². The number of phenols is 1. The Kier molecular flexibility index (Phi) is 7.99. The van der Waals surface area contributed by atoms with Crippen LogP contribution in [0.3, 0.4) is 0 Å². The SMILES string of the molecule is CSCCCCCCCCc1ccc(O)cc1C. The van der Waals surface area contributed by atoms with E-state index in [2.05, 4.69) is 19.2 Å². The number of hydrogen-bond donors (Lipinski definition) is 1. The number of phenolic OH excluding ortho intramolecular Hbond substituents is 1. The quantitative estimate of drug-likeness (QED) is 0.638. The van der Waals surface area contributed by atoms with Crippen LogP contribution in [-0.4, -0.2) is 17.1 Å². The Morgan fingerprint density at radius 1 is 1.00 bits per heavy atom. The molecule has 1 nitrogen and oxygen atoms in total. The molecule has 0 saturated heterocycles. The summed E-state index contributed by atoms with van der Waals surface area (Å²) in [6.07, 6.45) is 11.4. The van der Waals surface area contributed by atoms with Gasteiger partial charge >= 0.3 is 0 Å². The van der Waals surface area contributed by atoms with Crippen molar-refractivity contribution < 1.29 is 5.11 Å². The predicted molar refractivity (Wildman–Crippen MR) is 82.6 cm³/mol. The van der Waals surface area contributed by atoms with Gasteiger partial charge in [-0.05, 0) is 61.5 Å². The maximum Gasteiger partial charge on any atom is 0.115 e. The molecule has 1 aromatic carbocycles. The standard InChI is InChI=1S/C16H26OS/c1-14-13-16(17)11-10-15(14)9-7-5-3-4-6-8-12-18-2/h10-11,13,17H,3-9,12H2,1-2H3. The number of unbranched alkanes of at least 4 members (excludes halogenated alkanes) is 5. The molecule has 0 radical (unpaired) electrons. The van der Waals surface area contributed by atoms with E-state index in [0.29, 0.717) is 5.75 Å². The van der Waals surface area contributed by atoms with Crippen LogP contribution in [0.15, 0.2) is 18.2 Å². The number of rotatable bonds is 9. The van der Waals surface area contributed by atoms with E-state index in [1.807, 2.05) is 17.8 Å². The normalized spacial score (nSPS) is 10.8. The largest absolute Gasteiger partial charge is 0.508 e. The lowest BCUT2D eigenvalue weighted by atomic mass is 10.0. The first-order chi connectivity index (χ1) is 8.74. The first-order valence-electron chi connectivity index (χ1n) is 7.01. The molecule has 1 aromatic rings. The van der Waals surface area contributed by atoms with Gasteiger partial charge in [0.05, 0.1) is 0 Å². The Labute approximate surface area is 116 Å². The lowest BCUT2D eigenvalue weighted by Gasteiger charge is -2.06. The minimum absolute atomic E-state index is 0.380. The molecular weight excluding hydrogens is 240 g/mol. The smallest absolute Gasteiger partial charge is 0.115 e. The minimum atomic E-state index is 0.380. The summed E-state index contributed by atoms with van der Waals surface area (Å²) in [6, 6.07) is 5.71. The molecule has 1 rings (SSSR count). The number of aromatic hydroxyl groups is 1. The Bertz CT molecular complexity index is 336. The van der Waals surface area contributed by atoms with Crippen LogP contribution in [0.5, 0.6) is 5.75 Å². The molecule has 1 N–H and O–H groups in total. The zero-order chi connectivity index (χ0) is 13.2. The highest BCUT2D eigenvalue weighted by Crippen LogP contribution is 2.18. The molecule has 102 valence electrons. The van der Waals surface area contributed by atoms with Gasteiger partial charge in [0.2, 0.25) is 0 Å². The van der Waals surface area contributed by atoms with E-state index >= 15 is 0 Å². The molecule has 0 aromatic heterocycles. The Morgan fingerprint density at radius 3 is 2.33 bits per heavy atom. The second kappa shape index (κ2) is 9.32. The van der Waals surface area contributed by atoms with E-state index in [9.17, 15) is 5.11 Å². The van der Waals surface area contributed by atoms with Gasteiger partial charge < -0.3 is 5.11 Å². The molecule has 0 atom stereocenters. The summed E-state index contributed by atoms with van der Waals surface area (Å²) < 4.78 is 0. The van der Waals surface area contributed by atoms with Crippen molar-refractivity contribution in [2.45, 2.75) is 51.9 Å². The first kappa shape index (κ1) is 15.4. The molecule has 0 saturated carbocycles. The summed E-state index contributed by atoms with van der Waals surface area (Å²) in [4.78, 5) is 0. The number of benzene rings is 1. The van der Waals surface area contributed by atoms with E-state index in [-0.39, 0.29) is 0 Å². The summed E-state index contributed by atoms with van der Waals surface area (Å²) in [5.41, 5.74) is 2.60. The first-order valence-corrected chi connectivity index (χ1v) is 8.41. The fourth-order valence-corrected chi connectivity index (χ4v) is 2.72. The monoisotopic (exact) mass is 266 g/mol. The molecule has 0 aliphatic heterocycles. The average Bonchev–Trinajstić information content (AvgIpc) is 2.35. The molecule has 0 amide bonds. The molecule has 18 heavy (non-hydrogen) atoms. The predicted octanol–water partition coefficient (Wildman–Crippen LogP) is 4.95. The molecule has 0 bridgehead atoms. The second-order valence-corrected chi connectivity index (χ2v) is 5.96. The third kappa shape index (κ3) is 6.34. The highest BCUT2D eigenvalue weighted by Gasteiger charge is 1.99. The van der Waals surface area contributed by atoms with Gasteiger partial charge in [0.1, 0.15) is 5.75 Å². The third-order valence-corrected chi connectivity index (χ3v) is 4.07. The van der Waals surface area contributed by atoms with Gasteiger partial charge in [-0.15, -0.1) is 0 Å². The number of hydrogen-bond acceptors (Lipinski definition) is 2. The highest BCUT2D eigenvalue weighted by atomic mass is 32.2. The van der Waals surface area contributed by atoms with Crippen LogP contribution in [0.1, 0.15) is 49.7 Å². The van der Waals surface area contributed by atoms with Crippen LogP contribution in [-0.2, 0) is 6.42 Å². The van der Waals surface area contributed by atoms with Crippen molar-refractivity contribution >= 4 is 11.8 Å². The fourth-order valence-electron chi connectivity index (χ4n) is 2.23. The van der Waals surface area contributed by atoms with Gasteiger partial charge in [0.15, 0.2) is 0 Å². The maximum atomic E-state index is 9.35. The van der Waals surface area contributed by atoms with E-state index in [1.54, 1.807) is 6.07 Å². The molecule has 0 unspecified atom stereocenters. The van der Waals surface area contributed by atoms with Gasteiger partial charge in [0.25, 0.3) is 0 Å². The van der Waals surface area contributed by atoms with Crippen LogP contribution in [0.4, 0.5) is 0 Å². The molecule has 0 aliphatic rings. The van der Waals surface area contributed by atoms with Crippen molar-refractivity contribution in [2.75, 3.05) is 12.0 Å². The zero-order valence-electron chi connectivity index (χ0n) is 11.7. The van der Waals surface area contributed by atoms with E-state index in [4.69, 9.17) is 0 Å². The van der Waals surface area contributed by atoms with Crippen molar-refractivity contribution in [3.05, 3.63) is 29.3 Å². The molecule has 0 heterocycles. The van der Waals surface area contributed by atoms with Crippen LogP contribution < -0.4 is 0 Å². The Hall–Kier alpha value is -0.630. The molecule has 0 spiro atoms. The van der Waals surface area contributed by atoms with E-state index < -0.39 is 0 Å². The summed E-state index contributed by atoms with van der Waals surface area (Å²) in [6.45, 7) is 2.08.